The van der Waals surface area contributed by atoms with Crippen LogP contribution in [0.3, 0.4) is 0 Å². The van der Waals surface area contributed by atoms with E-state index in [0.29, 0.717) is 32.4 Å². The van der Waals surface area contributed by atoms with Crippen LogP contribution < -0.4 is 0 Å². The van der Waals surface area contributed by atoms with E-state index in [2.05, 4.69) is 32.6 Å². The van der Waals surface area contributed by atoms with Gasteiger partial charge < -0.3 is 9.47 Å². The molecule has 124 valence electrons. The van der Waals surface area contributed by atoms with Crippen LogP contribution in [-0.2, 0) is 19.1 Å². The first-order valence-corrected chi connectivity index (χ1v) is 7.73. The molecule has 0 bridgehead atoms. The fourth-order valence-corrected chi connectivity index (χ4v) is 3.45. The predicted molar refractivity (Wildman–Crippen MR) is 84.1 cm³/mol. The van der Waals surface area contributed by atoms with E-state index in [1.54, 1.807) is 6.92 Å². The zero-order valence-corrected chi connectivity index (χ0v) is 14.3. The van der Waals surface area contributed by atoms with Gasteiger partial charge in [-0.15, -0.1) is 6.42 Å². The van der Waals surface area contributed by atoms with Crippen molar-refractivity contribution in [3.8, 4) is 12.3 Å². The summed E-state index contributed by atoms with van der Waals surface area (Å²) in [4.78, 5) is 24.9. The summed E-state index contributed by atoms with van der Waals surface area (Å²) in [6.07, 6.45) is 6.67. The Kier molecular flexibility index (Phi) is 6.01. The van der Waals surface area contributed by atoms with E-state index in [1.165, 1.54) is 0 Å². The number of carbonyl (C=O) groups is 2. The highest BCUT2D eigenvalue weighted by Gasteiger charge is 2.46. The monoisotopic (exact) mass is 309 g/mol. The largest absolute Gasteiger partial charge is 0.464 e. The number of ether oxygens (including phenoxy) is 2. The molecule has 0 spiro atoms. The molecular weight excluding hydrogens is 282 g/mol. The van der Waals surface area contributed by atoms with Crippen molar-refractivity contribution in [1.29, 1.82) is 0 Å². The van der Waals surface area contributed by atoms with Gasteiger partial charge in [-0.2, -0.15) is 0 Å². The summed E-state index contributed by atoms with van der Waals surface area (Å²) < 4.78 is 10.5. The number of terminal acetylenes is 1. The molecular formula is C17H27NO4. The van der Waals surface area contributed by atoms with E-state index >= 15 is 0 Å². The summed E-state index contributed by atoms with van der Waals surface area (Å²) in [5, 5.41) is 0. The van der Waals surface area contributed by atoms with Crippen molar-refractivity contribution < 1.29 is 19.1 Å². The highest BCUT2D eigenvalue weighted by atomic mass is 16.5. The van der Waals surface area contributed by atoms with E-state index in [0.717, 1.165) is 0 Å². The van der Waals surface area contributed by atoms with Gasteiger partial charge in [-0.05, 0) is 27.7 Å². The highest BCUT2D eigenvalue weighted by molar-refractivity contribution is 5.87. The van der Waals surface area contributed by atoms with Gasteiger partial charge >= 0.3 is 11.9 Å². The molecule has 5 heteroatoms. The molecule has 22 heavy (non-hydrogen) atoms. The third-order valence-electron chi connectivity index (χ3n) is 4.17. The molecule has 5 nitrogen and oxygen atoms in total. The zero-order chi connectivity index (χ0) is 17.0. The minimum atomic E-state index is -0.609. The van der Waals surface area contributed by atoms with E-state index in [4.69, 9.17) is 15.9 Å². The molecule has 0 aromatic carbocycles. The van der Waals surface area contributed by atoms with Crippen LogP contribution in [0, 0.1) is 12.3 Å². The molecule has 1 heterocycles. The standard InChI is InChI=1S/C17H27NO4/c1-7-14(19)21-10-9-18-16(3,4)11-13(12-17(18,5)6)22-15(20)8-2/h2,13H,7,9-12H2,1,3-6H3. The Labute approximate surface area is 133 Å². The van der Waals surface area contributed by atoms with Gasteiger partial charge in [-0.25, -0.2) is 4.79 Å². The van der Waals surface area contributed by atoms with Gasteiger partial charge in [0, 0.05) is 42.8 Å². The number of hydrogen-bond acceptors (Lipinski definition) is 5. The molecule has 0 atom stereocenters. The molecule has 0 N–H and O–H groups in total. The lowest BCUT2D eigenvalue weighted by Gasteiger charge is -2.54. The second kappa shape index (κ2) is 7.15. The van der Waals surface area contributed by atoms with Crippen LogP contribution >= 0.6 is 0 Å². The molecule has 1 aliphatic rings. The third-order valence-corrected chi connectivity index (χ3v) is 4.17. The molecule has 1 rings (SSSR count). The Morgan fingerprint density at radius 1 is 1.23 bits per heavy atom. The normalized spacial score (nSPS) is 20.9. The predicted octanol–water partition coefficient (Wildman–Crippen LogP) is 2.14. The average molecular weight is 309 g/mol. The first kappa shape index (κ1) is 18.5. The number of hydrogen-bond donors (Lipinski definition) is 0. The second-order valence-electron chi connectivity index (χ2n) is 6.93. The molecule has 0 unspecified atom stereocenters. The molecule has 1 aliphatic heterocycles. The smallest absolute Gasteiger partial charge is 0.384 e. The van der Waals surface area contributed by atoms with Crippen molar-refractivity contribution in [3.63, 3.8) is 0 Å². The Balaban J connectivity index is 2.73. The zero-order valence-electron chi connectivity index (χ0n) is 14.3. The van der Waals surface area contributed by atoms with Gasteiger partial charge in [-0.1, -0.05) is 6.92 Å². The van der Waals surface area contributed by atoms with Gasteiger partial charge in [0.1, 0.15) is 12.7 Å². The number of likely N-dealkylation sites (tertiary alicyclic amines) is 1. The second-order valence-corrected chi connectivity index (χ2v) is 6.93. The number of nitrogens with zero attached hydrogens (tertiary/aromatic N) is 1. The fourth-order valence-electron chi connectivity index (χ4n) is 3.45. The van der Waals surface area contributed by atoms with E-state index in [-0.39, 0.29) is 23.2 Å². The minimum absolute atomic E-state index is 0.181. The summed E-state index contributed by atoms with van der Waals surface area (Å²) in [5.41, 5.74) is -0.361. The first-order chi connectivity index (χ1) is 10.1. The minimum Gasteiger partial charge on any atom is -0.464 e. The van der Waals surface area contributed by atoms with Crippen LogP contribution in [0.15, 0.2) is 0 Å². The van der Waals surface area contributed by atoms with Gasteiger partial charge in [0.2, 0.25) is 0 Å². The number of esters is 2. The highest BCUT2D eigenvalue weighted by Crippen LogP contribution is 2.39. The van der Waals surface area contributed by atoms with E-state index < -0.39 is 5.97 Å². The summed E-state index contributed by atoms with van der Waals surface area (Å²) in [5.74, 6) is 1.20. The maximum Gasteiger partial charge on any atom is 0.384 e. The summed E-state index contributed by atoms with van der Waals surface area (Å²) >= 11 is 0. The van der Waals surface area contributed by atoms with Gasteiger partial charge in [0.15, 0.2) is 0 Å². The summed E-state index contributed by atoms with van der Waals surface area (Å²) in [6, 6.07) is 0. The molecule has 1 saturated heterocycles. The topological polar surface area (TPSA) is 55.8 Å². The summed E-state index contributed by atoms with van der Waals surface area (Å²) in [7, 11) is 0. The lowest BCUT2D eigenvalue weighted by Crippen LogP contribution is -2.63. The molecule has 0 saturated carbocycles. The van der Waals surface area contributed by atoms with Gasteiger partial charge in [0.05, 0.1) is 0 Å². The van der Waals surface area contributed by atoms with Gasteiger partial charge in [-0.3, -0.25) is 9.69 Å². The Hall–Kier alpha value is -1.54. The number of rotatable bonds is 5. The van der Waals surface area contributed by atoms with Crippen LogP contribution in [0.25, 0.3) is 0 Å². The SMILES string of the molecule is C#CC(=O)OC1CC(C)(C)N(CCOC(=O)CC)C(C)(C)C1. The van der Waals surface area contributed by atoms with Crippen LogP contribution in [0.1, 0.15) is 53.9 Å². The fraction of sp³-hybridized carbons (Fsp3) is 0.765. The van der Waals surface area contributed by atoms with Crippen molar-refractivity contribution >= 4 is 11.9 Å². The molecule has 0 radical (unpaired) electrons. The maximum atomic E-state index is 11.3. The van der Waals surface area contributed by atoms with Crippen molar-refractivity contribution in [2.75, 3.05) is 13.2 Å². The molecule has 0 amide bonds. The van der Waals surface area contributed by atoms with Crippen molar-refractivity contribution in [1.82, 2.24) is 4.90 Å². The quantitative estimate of drug-likeness (QED) is 0.442. The maximum absolute atomic E-state index is 11.3. The first-order valence-electron chi connectivity index (χ1n) is 7.73. The van der Waals surface area contributed by atoms with Crippen molar-refractivity contribution in [2.24, 2.45) is 0 Å². The van der Waals surface area contributed by atoms with Gasteiger partial charge in [0.25, 0.3) is 0 Å². The Bertz CT molecular complexity index is 444. The number of carbonyl (C=O) groups excluding carboxylic acids is 2. The van der Waals surface area contributed by atoms with Crippen LogP contribution in [-0.4, -0.2) is 47.2 Å². The van der Waals surface area contributed by atoms with E-state index in [1.807, 2.05) is 5.92 Å². The van der Waals surface area contributed by atoms with Crippen molar-refractivity contribution in [3.05, 3.63) is 0 Å². The van der Waals surface area contributed by atoms with Crippen LogP contribution in [0.5, 0.6) is 0 Å². The lowest BCUT2D eigenvalue weighted by molar-refractivity contribution is -0.157. The summed E-state index contributed by atoms with van der Waals surface area (Å²) in [6.45, 7) is 11.2. The number of piperidine rings is 1. The Morgan fingerprint density at radius 2 is 1.77 bits per heavy atom. The molecule has 0 aliphatic carbocycles. The molecule has 0 aromatic rings. The van der Waals surface area contributed by atoms with Crippen molar-refractivity contribution in [2.45, 2.75) is 71.1 Å². The van der Waals surface area contributed by atoms with Crippen LogP contribution in [0.2, 0.25) is 0 Å². The average Bonchev–Trinajstić information content (AvgIpc) is 2.40. The third kappa shape index (κ3) is 4.74. The Morgan fingerprint density at radius 3 is 2.23 bits per heavy atom. The lowest BCUT2D eigenvalue weighted by atomic mass is 9.78. The molecule has 1 fully saturated rings. The molecule has 0 aromatic heterocycles. The van der Waals surface area contributed by atoms with Crippen LogP contribution in [0.4, 0.5) is 0 Å². The van der Waals surface area contributed by atoms with E-state index in [9.17, 15) is 9.59 Å².